The molecule has 3 aromatic rings. The third-order valence-electron chi connectivity index (χ3n) is 5.34. The van der Waals surface area contributed by atoms with Crippen LogP contribution in [0.5, 0.6) is 0 Å². The lowest BCUT2D eigenvalue weighted by molar-refractivity contribution is -0.119. The molecular formula is C24H18F4N4O3S. The van der Waals surface area contributed by atoms with Crippen molar-refractivity contribution in [1.29, 1.82) is 0 Å². The van der Waals surface area contributed by atoms with Crippen molar-refractivity contribution in [1.82, 2.24) is 9.88 Å². The second-order valence-corrected chi connectivity index (χ2v) is 8.95. The van der Waals surface area contributed by atoms with Crippen LogP contribution in [0.2, 0.25) is 0 Å². The third kappa shape index (κ3) is 5.65. The standard InChI is InChI=1S/C24H18F4N4O3S/c1-14-22(34)32(18-6-8-19(9-7-18)36-24(26,27)28)23(35)31(14)13-15-10-11-29-20(12-15)30-21(33)16-2-4-17(25)5-3-16/h2-12,14H,13H2,1H3,(H,29,30,33). The number of carbonyl (C=O) groups is 3. The van der Waals surface area contributed by atoms with Gasteiger partial charge in [-0.3, -0.25) is 9.59 Å². The molecule has 0 spiro atoms. The van der Waals surface area contributed by atoms with Gasteiger partial charge in [-0.15, -0.1) is 0 Å². The largest absolute Gasteiger partial charge is 0.446 e. The molecule has 1 aromatic heterocycles. The maximum atomic E-state index is 13.1. The van der Waals surface area contributed by atoms with Crippen LogP contribution in [-0.4, -0.2) is 39.3 Å². The summed E-state index contributed by atoms with van der Waals surface area (Å²) in [5, 5.41) is 2.59. The van der Waals surface area contributed by atoms with E-state index in [1.807, 2.05) is 0 Å². The third-order valence-corrected chi connectivity index (χ3v) is 6.08. The predicted octanol–water partition coefficient (Wildman–Crippen LogP) is 5.44. The summed E-state index contributed by atoms with van der Waals surface area (Å²) in [6.45, 7) is 1.57. The number of imide groups is 1. The molecule has 0 radical (unpaired) electrons. The highest BCUT2D eigenvalue weighted by atomic mass is 32.2. The van der Waals surface area contributed by atoms with E-state index >= 15 is 0 Å². The molecule has 1 N–H and O–H groups in total. The number of hydrogen-bond donors (Lipinski definition) is 1. The summed E-state index contributed by atoms with van der Waals surface area (Å²) in [5.41, 5.74) is -3.49. The molecule has 0 saturated carbocycles. The second-order valence-electron chi connectivity index (χ2n) is 7.81. The van der Waals surface area contributed by atoms with Crippen molar-refractivity contribution in [2.45, 2.75) is 29.9 Å². The Morgan fingerprint density at radius 1 is 1.06 bits per heavy atom. The lowest BCUT2D eigenvalue weighted by Crippen LogP contribution is -2.33. The fourth-order valence-electron chi connectivity index (χ4n) is 3.58. The highest BCUT2D eigenvalue weighted by Gasteiger charge is 2.43. The first-order valence-corrected chi connectivity index (χ1v) is 11.4. The van der Waals surface area contributed by atoms with E-state index in [9.17, 15) is 31.9 Å². The van der Waals surface area contributed by atoms with Gasteiger partial charge >= 0.3 is 11.5 Å². The quantitative estimate of drug-likeness (QED) is 0.267. The molecule has 0 aliphatic carbocycles. The van der Waals surface area contributed by atoms with E-state index in [1.54, 1.807) is 13.0 Å². The van der Waals surface area contributed by atoms with Crippen molar-refractivity contribution in [3.63, 3.8) is 0 Å². The maximum absolute atomic E-state index is 13.1. The van der Waals surface area contributed by atoms with Gasteiger partial charge in [-0.2, -0.15) is 13.2 Å². The zero-order valence-electron chi connectivity index (χ0n) is 18.6. The van der Waals surface area contributed by atoms with Crippen LogP contribution in [0.1, 0.15) is 22.8 Å². The van der Waals surface area contributed by atoms with Crippen molar-refractivity contribution >= 4 is 41.1 Å². The number of hydrogen-bond acceptors (Lipinski definition) is 5. The first kappa shape index (κ1) is 25.2. The van der Waals surface area contributed by atoms with Gasteiger partial charge in [0, 0.05) is 23.2 Å². The van der Waals surface area contributed by atoms with Crippen LogP contribution >= 0.6 is 11.8 Å². The van der Waals surface area contributed by atoms with E-state index in [0.29, 0.717) is 5.56 Å². The molecule has 36 heavy (non-hydrogen) atoms. The summed E-state index contributed by atoms with van der Waals surface area (Å²) in [4.78, 5) is 44.5. The zero-order valence-corrected chi connectivity index (χ0v) is 19.4. The molecule has 12 heteroatoms. The van der Waals surface area contributed by atoms with E-state index in [1.165, 1.54) is 53.6 Å². The van der Waals surface area contributed by atoms with Gasteiger partial charge in [0.05, 0.1) is 5.69 Å². The number of alkyl halides is 3. The molecule has 2 heterocycles. The number of urea groups is 1. The monoisotopic (exact) mass is 518 g/mol. The van der Waals surface area contributed by atoms with Gasteiger partial charge < -0.3 is 10.2 Å². The number of nitrogens with one attached hydrogen (secondary N) is 1. The van der Waals surface area contributed by atoms with E-state index < -0.39 is 35.2 Å². The Balaban J connectivity index is 1.47. The number of benzene rings is 2. The number of amides is 4. The van der Waals surface area contributed by atoms with Crippen molar-refractivity contribution in [2.24, 2.45) is 0 Å². The first-order valence-electron chi connectivity index (χ1n) is 10.5. The number of rotatable bonds is 6. The maximum Gasteiger partial charge on any atom is 0.446 e. The molecule has 4 rings (SSSR count). The molecule has 2 aromatic carbocycles. The van der Waals surface area contributed by atoms with E-state index in [-0.39, 0.29) is 40.3 Å². The Morgan fingerprint density at radius 2 is 1.72 bits per heavy atom. The molecule has 1 aliphatic rings. The SMILES string of the molecule is CC1C(=O)N(c2ccc(SC(F)(F)F)cc2)C(=O)N1Cc1ccnc(NC(=O)c2ccc(F)cc2)c1. The molecule has 0 bridgehead atoms. The smallest absolute Gasteiger partial charge is 0.308 e. The zero-order chi connectivity index (χ0) is 26.0. The van der Waals surface area contributed by atoms with Crippen LogP contribution in [0.15, 0.2) is 71.8 Å². The van der Waals surface area contributed by atoms with Crippen molar-refractivity contribution in [3.05, 3.63) is 83.8 Å². The fourth-order valence-corrected chi connectivity index (χ4v) is 4.11. The minimum absolute atomic E-state index is 0.0200. The Hall–Kier alpha value is -3.93. The lowest BCUT2D eigenvalue weighted by Gasteiger charge is -2.20. The van der Waals surface area contributed by atoms with Gasteiger partial charge in [-0.1, -0.05) is 0 Å². The Morgan fingerprint density at radius 3 is 2.36 bits per heavy atom. The van der Waals surface area contributed by atoms with Crippen molar-refractivity contribution < 1.29 is 31.9 Å². The number of carbonyl (C=O) groups excluding carboxylic acids is 3. The minimum Gasteiger partial charge on any atom is -0.308 e. The molecule has 1 unspecified atom stereocenters. The van der Waals surface area contributed by atoms with Crippen molar-refractivity contribution in [2.75, 3.05) is 10.2 Å². The summed E-state index contributed by atoms with van der Waals surface area (Å²) >= 11 is -0.290. The number of aromatic nitrogens is 1. The second kappa shape index (κ2) is 9.97. The van der Waals surface area contributed by atoms with Gasteiger partial charge in [0.2, 0.25) is 0 Å². The summed E-state index contributed by atoms with van der Waals surface area (Å²) in [6.07, 6.45) is 1.43. The van der Waals surface area contributed by atoms with Gasteiger partial charge in [-0.25, -0.2) is 19.1 Å². The van der Waals surface area contributed by atoms with E-state index in [4.69, 9.17) is 0 Å². The number of halogens is 4. The normalized spacial score (nSPS) is 16.0. The minimum atomic E-state index is -4.45. The Kier molecular flexibility index (Phi) is 6.97. The molecular weight excluding hydrogens is 500 g/mol. The predicted molar refractivity (Wildman–Crippen MR) is 125 cm³/mol. The molecule has 1 aliphatic heterocycles. The Labute approximate surface area is 207 Å². The van der Waals surface area contributed by atoms with Gasteiger partial charge in [-0.05, 0) is 84.9 Å². The summed E-state index contributed by atoms with van der Waals surface area (Å²) in [5.74, 6) is -1.30. The molecule has 7 nitrogen and oxygen atoms in total. The summed E-state index contributed by atoms with van der Waals surface area (Å²) in [6, 6.07) is 11.6. The number of anilines is 2. The van der Waals surface area contributed by atoms with Crippen LogP contribution in [0.3, 0.4) is 0 Å². The van der Waals surface area contributed by atoms with Crippen LogP contribution in [0, 0.1) is 5.82 Å². The number of pyridine rings is 1. The number of nitrogens with zero attached hydrogens (tertiary/aromatic N) is 3. The fraction of sp³-hybridized carbons (Fsp3) is 0.167. The molecule has 1 saturated heterocycles. The van der Waals surface area contributed by atoms with E-state index in [2.05, 4.69) is 10.3 Å². The average Bonchev–Trinajstić information content (AvgIpc) is 3.02. The van der Waals surface area contributed by atoms with Crippen LogP contribution in [-0.2, 0) is 11.3 Å². The molecule has 1 fully saturated rings. The number of thioether (sulfide) groups is 1. The van der Waals surface area contributed by atoms with Crippen LogP contribution in [0.25, 0.3) is 0 Å². The van der Waals surface area contributed by atoms with E-state index in [0.717, 1.165) is 17.0 Å². The van der Waals surface area contributed by atoms with Gasteiger partial charge in [0.15, 0.2) is 0 Å². The molecule has 186 valence electrons. The van der Waals surface area contributed by atoms with Crippen molar-refractivity contribution in [3.8, 4) is 0 Å². The van der Waals surface area contributed by atoms with Crippen LogP contribution < -0.4 is 10.2 Å². The average molecular weight is 518 g/mol. The molecule has 4 amide bonds. The summed E-state index contributed by atoms with van der Waals surface area (Å²) < 4.78 is 50.8. The lowest BCUT2D eigenvalue weighted by atomic mass is 10.2. The van der Waals surface area contributed by atoms with Gasteiger partial charge in [0.25, 0.3) is 11.8 Å². The van der Waals surface area contributed by atoms with Crippen LogP contribution in [0.4, 0.5) is 33.9 Å². The summed E-state index contributed by atoms with van der Waals surface area (Å²) in [7, 11) is 0. The molecule has 1 atom stereocenters. The first-order chi connectivity index (χ1) is 17.0. The highest BCUT2D eigenvalue weighted by Crippen LogP contribution is 2.38. The topological polar surface area (TPSA) is 82.6 Å². The van der Waals surface area contributed by atoms with Gasteiger partial charge in [0.1, 0.15) is 17.7 Å². The Bertz CT molecular complexity index is 1300. The highest BCUT2D eigenvalue weighted by molar-refractivity contribution is 8.00.